The van der Waals surface area contributed by atoms with Crippen LogP contribution < -0.4 is 10.6 Å². The molecule has 0 bridgehead atoms. The van der Waals surface area contributed by atoms with E-state index in [0.29, 0.717) is 6.04 Å². The third-order valence-corrected chi connectivity index (χ3v) is 4.05. The molecule has 6 nitrogen and oxygen atoms in total. The standard InChI is InChI=1S/C14H26N6S/c1-3-13-19-17-11-20(13)9-8-16-14(18-12-5-6-12)15-7-4-10-21-2/h11-12H,3-10H2,1-2H3,(H2,15,16,18). The summed E-state index contributed by atoms with van der Waals surface area (Å²) < 4.78 is 2.09. The Bertz CT molecular complexity index is 440. The molecular weight excluding hydrogens is 284 g/mol. The van der Waals surface area contributed by atoms with Crippen molar-refractivity contribution in [1.82, 2.24) is 25.4 Å². The molecular formula is C14H26N6S. The van der Waals surface area contributed by atoms with Gasteiger partial charge >= 0.3 is 0 Å². The summed E-state index contributed by atoms with van der Waals surface area (Å²) in [5.74, 6) is 3.15. The fourth-order valence-electron chi connectivity index (χ4n) is 2.01. The van der Waals surface area contributed by atoms with Crippen molar-refractivity contribution >= 4 is 17.7 Å². The van der Waals surface area contributed by atoms with Gasteiger partial charge in [0.25, 0.3) is 0 Å². The van der Waals surface area contributed by atoms with Gasteiger partial charge in [-0.1, -0.05) is 6.92 Å². The molecule has 2 N–H and O–H groups in total. The van der Waals surface area contributed by atoms with E-state index in [1.807, 2.05) is 11.8 Å². The molecule has 7 heteroatoms. The zero-order chi connectivity index (χ0) is 14.9. The summed E-state index contributed by atoms with van der Waals surface area (Å²) in [7, 11) is 0. The van der Waals surface area contributed by atoms with Crippen LogP contribution in [-0.4, -0.2) is 51.9 Å². The van der Waals surface area contributed by atoms with Gasteiger partial charge in [-0.25, -0.2) is 0 Å². The van der Waals surface area contributed by atoms with E-state index in [9.17, 15) is 0 Å². The van der Waals surface area contributed by atoms with Crippen LogP contribution in [0.3, 0.4) is 0 Å². The van der Waals surface area contributed by atoms with E-state index in [-0.39, 0.29) is 0 Å². The lowest BCUT2D eigenvalue weighted by molar-refractivity contribution is 0.631. The highest BCUT2D eigenvalue weighted by Gasteiger charge is 2.22. The molecule has 1 saturated carbocycles. The molecule has 0 spiro atoms. The molecule has 118 valence electrons. The van der Waals surface area contributed by atoms with Crippen molar-refractivity contribution in [3.8, 4) is 0 Å². The summed E-state index contributed by atoms with van der Waals surface area (Å²) >= 11 is 1.87. The molecule has 0 amide bonds. The summed E-state index contributed by atoms with van der Waals surface area (Å²) in [4.78, 5) is 4.64. The van der Waals surface area contributed by atoms with Gasteiger partial charge < -0.3 is 15.2 Å². The largest absolute Gasteiger partial charge is 0.355 e. The number of nitrogens with one attached hydrogen (secondary N) is 2. The normalized spacial score (nSPS) is 15.2. The highest BCUT2D eigenvalue weighted by Crippen LogP contribution is 2.18. The van der Waals surface area contributed by atoms with Crippen molar-refractivity contribution in [2.45, 2.75) is 45.2 Å². The lowest BCUT2D eigenvalue weighted by Gasteiger charge is -2.12. The van der Waals surface area contributed by atoms with Gasteiger partial charge in [0.05, 0.1) is 0 Å². The molecule has 0 radical (unpaired) electrons. The molecule has 0 saturated heterocycles. The maximum atomic E-state index is 4.64. The molecule has 0 unspecified atom stereocenters. The third-order valence-electron chi connectivity index (χ3n) is 3.35. The number of hydrogen-bond acceptors (Lipinski definition) is 4. The predicted molar refractivity (Wildman–Crippen MR) is 88.9 cm³/mol. The van der Waals surface area contributed by atoms with E-state index >= 15 is 0 Å². The number of aromatic nitrogens is 3. The lowest BCUT2D eigenvalue weighted by Crippen LogP contribution is -2.40. The highest BCUT2D eigenvalue weighted by atomic mass is 32.2. The molecule has 0 aromatic carbocycles. The molecule has 1 aliphatic rings. The summed E-state index contributed by atoms with van der Waals surface area (Å²) in [5.41, 5.74) is 0. The van der Waals surface area contributed by atoms with Crippen molar-refractivity contribution in [2.75, 3.05) is 25.1 Å². The van der Waals surface area contributed by atoms with Gasteiger partial charge in [-0.05, 0) is 31.3 Å². The van der Waals surface area contributed by atoms with Crippen molar-refractivity contribution < 1.29 is 0 Å². The van der Waals surface area contributed by atoms with E-state index in [1.165, 1.54) is 18.6 Å². The number of hydrogen-bond donors (Lipinski definition) is 2. The zero-order valence-electron chi connectivity index (χ0n) is 13.0. The van der Waals surface area contributed by atoms with Crippen LogP contribution in [0.25, 0.3) is 0 Å². The second-order valence-corrected chi connectivity index (χ2v) is 6.20. The van der Waals surface area contributed by atoms with Gasteiger partial charge in [0.2, 0.25) is 0 Å². The average molecular weight is 310 g/mol. The van der Waals surface area contributed by atoms with Crippen LogP contribution in [0.15, 0.2) is 11.3 Å². The summed E-state index contributed by atoms with van der Waals surface area (Å²) in [6.07, 6.45) is 8.49. The van der Waals surface area contributed by atoms with Crippen molar-refractivity contribution in [3.05, 3.63) is 12.2 Å². The molecule has 0 aliphatic heterocycles. The molecule has 1 aliphatic carbocycles. The SMILES string of the molecule is CCc1nncn1CCNC(=NCCCSC)NC1CC1. The van der Waals surface area contributed by atoms with E-state index < -0.39 is 0 Å². The maximum absolute atomic E-state index is 4.64. The predicted octanol–water partition coefficient (Wildman–Crippen LogP) is 1.29. The summed E-state index contributed by atoms with van der Waals surface area (Å²) in [5, 5.41) is 14.9. The fraction of sp³-hybridized carbons (Fsp3) is 0.786. The number of guanidine groups is 1. The Kier molecular flexibility index (Phi) is 6.85. The Balaban J connectivity index is 1.75. The number of thioether (sulfide) groups is 1. The lowest BCUT2D eigenvalue weighted by atomic mass is 10.4. The van der Waals surface area contributed by atoms with Crippen molar-refractivity contribution in [1.29, 1.82) is 0 Å². The second-order valence-electron chi connectivity index (χ2n) is 5.22. The average Bonchev–Trinajstić information content (AvgIpc) is 3.19. The van der Waals surface area contributed by atoms with Gasteiger partial charge in [0, 0.05) is 32.1 Å². The minimum atomic E-state index is 0.623. The van der Waals surface area contributed by atoms with Crippen LogP contribution in [0.1, 0.15) is 32.0 Å². The molecule has 21 heavy (non-hydrogen) atoms. The monoisotopic (exact) mass is 310 g/mol. The first-order chi connectivity index (χ1) is 10.3. The van der Waals surface area contributed by atoms with Gasteiger partial charge in [-0.3, -0.25) is 4.99 Å². The van der Waals surface area contributed by atoms with Gasteiger partial charge in [0.1, 0.15) is 12.2 Å². The maximum Gasteiger partial charge on any atom is 0.191 e. The van der Waals surface area contributed by atoms with E-state index in [1.54, 1.807) is 6.33 Å². The first kappa shape index (κ1) is 16.1. The van der Waals surface area contributed by atoms with Crippen molar-refractivity contribution in [3.63, 3.8) is 0 Å². The molecule has 1 aromatic heterocycles. The Hall–Kier alpha value is -1.24. The molecule has 2 rings (SSSR count). The Morgan fingerprint density at radius 1 is 1.52 bits per heavy atom. The molecule has 0 atom stereocenters. The van der Waals surface area contributed by atoms with Crippen molar-refractivity contribution in [2.24, 2.45) is 4.99 Å². The zero-order valence-corrected chi connectivity index (χ0v) is 13.8. The van der Waals surface area contributed by atoms with E-state index in [4.69, 9.17) is 0 Å². The second kappa shape index (κ2) is 8.92. The van der Waals surface area contributed by atoms with Crippen LogP contribution in [0.2, 0.25) is 0 Å². The Morgan fingerprint density at radius 3 is 3.10 bits per heavy atom. The van der Waals surface area contributed by atoms with E-state index in [2.05, 4.69) is 43.6 Å². The van der Waals surface area contributed by atoms with E-state index in [0.717, 1.165) is 44.3 Å². The summed E-state index contributed by atoms with van der Waals surface area (Å²) in [6, 6.07) is 0.623. The molecule has 1 heterocycles. The highest BCUT2D eigenvalue weighted by molar-refractivity contribution is 7.98. The third kappa shape index (κ3) is 5.95. The van der Waals surface area contributed by atoms with Crippen LogP contribution in [0, 0.1) is 0 Å². The van der Waals surface area contributed by atoms with Crippen LogP contribution in [-0.2, 0) is 13.0 Å². The quantitative estimate of drug-likeness (QED) is 0.409. The van der Waals surface area contributed by atoms with Gasteiger partial charge in [0.15, 0.2) is 5.96 Å². The first-order valence-corrected chi connectivity index (χ1v) is 9.13. The van der Waals surface area contributed by atoms with Gasteiger partial charge in [-0.15, -0.1) is 10.2 Å². The van der Waals surface area contributed by atoms with Gasteiger partial charge in [-0.2, -0.15) is 11.8 Å². The smallest absolute Gasteiger partial charge is 0.191 e. The number of aliphatic imine (C=N–C) groups is 1. The number of aryl methyl sites for hydroxylation is 1. The Labute approximate surface area is 131 Å². The van der Waals surface area contributed by atoms with Crippen LogP contribution in [0.4, 0.5) is 0 Å². The molecule has 1 fully saturated rings. The topological polar surface area (TPSA) is 67.1 Å². The minimum Gasteiger partial charge on any atom is -0.355 e. The Morgan fingerprint density at radius 2 is 2.38 bits per heavy atom. The first-order valence-electron chi connectivity index (χ1n) is 7.74. The summed E-state index contributed by atoms with van der Waals surface area (Å²) in [6.45, 7) is 4.69. The molecule has 1 aromatic rings. The minimum absolute atomic E-state index is 0.623. The fourth-order valence-corrected chi connectivity index (χ4v) is 2.43. The van der Waals surface area contributed by atoms with Crippen LogP contribution >= 0.6 is 11.8 Å². The van der Waals surface area contributed by atoms with Crippen LogP contribution in [0.5, 0.6) is 0 Å². The number of nitrogens with zero attached hydrogens (tertiary/aromatic N) is 4. The number of rotatable bonds is 9.